The minimum absolute atomic E-state index is 0.0527. The van der Waals surface area contributed by atoms with Crippen molar-refractivity contribution in [1.29, 1.82) is 0 Å². The van der Waals surface area contributed by atoms with E-state index in [0.717, 1.165) is 23.1 Å². The SMILES string of the molecule is CC1(C)COC(c2ccccc2)CN1Cc1ncc(-c2cccs2)o1. The number of benzene rings is 1. The summed E-state index contributed by atoms with van der Waals surface area (Å²) in [7, 11) is 0. The molecule has 3 aromatic rings. The number of hydrogen-bond donors (Lipinski definition) is 0. The maximum absolute atomic E-state index is 6.12. The van der Waals surface area contributed by atoms with Crippen molar-refractivity contribution in [3.63, 3.8) is 0 Å². The van der Waals surface area contributed by atoms with Gasteiger partial charge in [-0.3, -0.25) is 4.90 Å². The summed E-state index contributed by atoms with van der Waals surface area (Å²) in [5, 5.41) is 2.05. The molecule has 0 radical (unpaired) electrons. The minimum atomic E-state index is -0.0527. The Kier molecular flexibility index (Phi) is 4.46. The zero-order valence-corrected chi connectivity index (χ0v) is 15.3. The maximum atomic E-state index is 6.12. The molecule has 1 aliphatic rings. The Morgan fingerprint density at radius 2 is 2.04 bits per heavy atom. The molecule has 0 saturated carbocycles. The first-order valence-electron chi connectivity index (χ1n) is 8.52. The van der Waals surface area contributed by atoms with E-state index in [0.29, 0.717) is 13.2 Å². The summed E-state index contributed by atoms with van der Waals surface area (Å²) in [5.41, 5.74) is 1.16. The second-order valence-electron chi connectivity index (χ2n) is 7.00. The van der Waals surface area contributed by atoms with Crippen LogP contribution in [0.2, 0.25) is 0 Å². The molecule has 0 aliphatic carbocycles. The molecule has 130 valence electrons. The number of ether oxygens (including phenoxy) is 1. The summed E-state index contributed by atoms with van der Waals surface area (Å²) in [6.45, 7) is 6.61. The summed E-state index contributed by atoms with van der Waals surface area (Å²) in [5.74, 6) is 1.60. The van der Waals surface area contributed by atoms with E-state index in [1.165, 1.54) is 5.56 Å². The van der Waals surface area contributed by atoms with E-state index >= 15 is 0 Å². The summed E-state index contributed by atoms with van der Waals surface area (Å²) in [6, 6.07) is 14.5. The zero-order valence-electron chi connectivity index (χ0n) is 14.5. The average Bonchev–Trinajstić information content (AvgIpc) is 3.29. The molecular formula is C20H22N2O2S. The molecule has 5 heteroatoms. The molecule has 1 unspecified atom stereocenters. The predicted octanol–water partition coefficient (Wildman–Crippen LogP) is 4.76. The summed E-state index contributed by atoms with van der Waals surface area (Å²) in [4.78, 5) is 8.00. The number of oxazole rings is 1. The van der Waals surface area contributed by atoms with Crippen LogP contribution in [0.5, 0.6) is 0 Å². The van der Waals surface area contributed by atoms with Crippen molar-refractivity contribution in [2.75, 3.05) is 13.2 Å². The van der Waals surface area contributed by atoms with E-state index < -0.39 is 0 Å². The molecule has 0 amide bonds. The quantitative estimate of drug-likeness (QED) is 0.677. The maximum Gasteiger partial charge on any atom is 0.209 e. The monoisotopic (exact) mass is 354 g/mol. The standard InChI is InChI=1S/C20H22N2O2S/c1-20(2)14-23-17(15-7-4-3-5-8-15)12-22(20)13-19-21-11-16(24-19)18-9-6-10-25-18/h3-11,17H,12-14H2,1-2H3. The predicted molar refractivity (Wildman–Crippen MR) is 99.4 cm³/mol. The number of thiophene rings is 1. The van der Waals surface area contributed by atoms with Crippen molar-refractivity contribution in [3.8, 4) is 10.6 Å². The van der Waals surface area contributed by atoms with Gasteiger partial charge >= 0.3 is 0 Å². The Bertz CT molecular complexity index is 811. The molecule has 1 atom stereocenters. The third kappa shape index (κ3) is 3.54. The largest absolute Gasteiger partial charge is 0.438 e. The van der Waals surface area contributed by atoms with Crippen LogP contribution in [-0.4, -0.2) is 28.6 Å². The highest BCUT2D eigenvalue weighted by molar-refractivity contribution is 7.13. The van der Waals surface area contributed by atoms with Gasteiger partial charge in [0.25, 0.3) is 0 Å². The van der Waals surface area contributed by atoms with Crippen LogP contribution in [0.1, 0.15) is 31.4 Å². The molecule has 1 saturated heterocycles. The molecule has 0 N–H and O–H groups in total. The van der Waals surface area contributed by atoms with Gasteiger partial charge in [0.2, 0.25) is 5.89 Å². The average molecular weight is 354 g/mol. The van der Waals surface area contributed by atoms with Gasteiger partial charge < -0.3 is 9.15 Å². The Labute approximate surface area is 152 Å². The third-order valence-electron chi connectivity index (χ3n) is 4.70. The van der Waals surface area contributed by atoms with Crippen LogP contribution in [0.15, 0.2) is 58.5 Å². The van der Waals surface area contributed by atoms with Gasteiger partial charge in [0, 0.05) is 12.1 Å². The number of aromatic nitrogens is 1. The van der Waals surface area contributed by atoms with Gasteiger partial charge in [-0.05, 0) is 30.9 Å². The van der Waals surface area contributed by atoms with E-state index in [9.17, 15) is 0 Å². The lowest BCUT2D eigenvalue weighted by molar-refractivity contribution is -0.106. The van der Waals surface area contributed by atoms with E-state index in [-0.39, 0.29) is 11.6 Å². The van der Waals surface area contributed by atoms with Crippen LogP contribution >= 0.6 is 11.3 Å². The van der Waals surface area contributed by atoms with Crippen molar-refractivity contribution >= 4 is 11.3 Å². The Hall–Kier alpha value is -1.95. The van der Waals surface area contributed by atoms with E-state index in [1.807, 2.05) is 23.7 Å². The van der Waals surface area contributed by atoms with Gasteiger partial charge in [0.1, 0.15) is 0 Å². The molecule has 3 heterocycles. The molecule has 1 fully saturated rings. The van der Waals surface area contributed by atoms with Crippen LogP contribution in [0.25, 0.3) is 10.6 Å². The van der Waals surface area contributed by atoms with E-state index in [4.69, 9.17) is 9.15 Å². The number of rotatable bonds is 4. The molecule has 4 rings (SSSR count). The highest BCUT2D eigenvalue weighted by Gasteiger charge is 2.36. The van der Waals surface area contributed by atoms with Gasteiger partial charge in [0.15, 0.2) is 5.76 Å². The Morgan fingerprint density at radius 3 is 2.80 bits per heavy atom. The Balaban J connectivity index is 1.51. The third-order valence-corrected chi connectivity index (χ3v) is 5.58. The zero-order chi connectivity index (χ0) is 17.3. The fourth-order valence-electron chi connectivity index (χ4n) is 3.12. The Morgan fingerprint density at radius 1 is 1.20 bits per heavy atom. The fraction of sp³-hybridized carbons (Fsp3) is 0.350. The minimum Gasteiger partial charge on any atom is -0.438 e. The van der Waals surface area contributed by atoms with E-state index in [2.05, 4.69) is 54.1 Å². The van der Waals surface area contributed by atoms with Crippen molar-refractivity contribution in [1.82, 2.24) is 9.88 Å². The van der Waals surface area contributed by atoms with Crippen molar-refractivity contribution < 1.29 is 9.15 Å². The summed E-state index contributed by atoms with van der Waals surface area (Å²) < 4.78 is 12.1. The van der Waals surface area contributed by atoms with Gasteiger partial charge in [0.05, 0.1) is 30.3 Å². The number of hydrogen-bond acceptors (Lipinski definition) is 5. The molecule has 1 aromatic carbocycles. The highest BCUT2D eigenvalue weighted by Crippen LogP contribution is 2.32. The van der Waals surface area contributed by atoms with Crippen molar-refractivity contribution in [2.45, 2.75) is 32.0 Å². The summed E-state index contributed by atoms with van der Waals surface area (Å²) >= 11 is 1.67. The molecular weight excluding hydrogens is 332 g/mol. The molecule has 4 nitrogen and oxygen atoms in total. The second kappa shape index (κ2) is 6.75. The van der Waals surface area contributed by atoms with E-state index in [1.54, 1.807) is 11.3 Å². The topological polar surface area (TPSA) is 38.5 Å². The molecule has 25 heavy (non-hydrogen) atoms. The van der Waals surface area contributed by atoms with Gasteiger partial charge in [-0.1, -0.05) is 36.4 Å². The first kappa shape index (κ1) is 16.5. The van der Waals surface area contributed by atoms with Crippen LogP contribution in [0, 0.1) is 0 Å². The molecule has 0 spiro atoms. The number of nitrogens with zero attached hydrogens (tertiary/aromatic N) is 2. The van der Waals surface area contributed by atoms with Crippen molar-refractivity contribution in [2.24, 2.45) is 0 Å². The van der Waals surface area contributed by atoms with Gasteiger partial charge in [-0.25, -0.2) is 4.98 Å². The first-order valence-corrected chi connectivity index (χ1v) is 9.40. The fourth-order valence-corrected chi connectivity index (χ4v) is 3.79. The molecule has 2 aromatic heterocycles. The molecule has 1 aliphatic heterocycles. The van der Waals surface area contributed by atoms with Gasteiger partial charge in [-0.15, -0.1) is 11.3 Å². The lowest BCUT2D eigenvalue weighted by Crippen LogP contribution is -2.53. The van der Waals surface area contributed by atoms with Gasteiger partial charge in [-0.2, -0.15) is 0 Å². The lowest BCUT2D eigenvalue weighted by Gasteiger charge is -2.44. The smallest absolute Gasteiger partial charge is 0.209 e. The normalized spacial score (nSPS) is 20.6. The number of morpholine rings is 1. The highest BCUT2D eigenvalue weighted by atomic mass is 32.1. The van der Waals surface area contributed by atoms with Crippen LogP contribution < -0.4 is 0 Å². The summed E-state index contributed by atoms with van der Waals surface area (Å²) in [6.07, 6.45) is 1.91. The first-order chi connectivity index (χ1) is 12.1. The lowest BCUT2D eigenvalue weighted by atomic mass is 9.98. The molecule has 0 bridgehead atoms. The van der Waals surface area contributed by atoms with Crippen LogP contribution in [-0.2, 0) is 11.3 Å². The van der Waals surface area contributed by atoms with Crippen LogP contribution in [0.4, 0.5) is 0 Å². The van der Waals surface area contributed by atoms with Crippen molar-refractivity contribution in [3.05, 3.63) is 65.5 Å². The van der Waals surface area contributed by atoms with Crippen LogP contribution in [0.3, 0.4) is 0 Å². The second-order valence-corrected chi connectivity index (χ2v) is 7.95.